The van der Waals surface area contributed by atoms with Gasteiger partial charge in [-0.15, -0.1) is 25.6 Å². The van der Waals surface area contributed by atoms with Crippen molar-refractivity contribution in [2.24, 2.45) is 11.1 Å². The molecule has 2 atom stereocenters. The number of anilines is 1. The van der Waals surface area contributed by atoms with E-state index in [2.05, 4.69) is 10.1 Å². The maximum absolute atomic E-state index is 12.5. The van der Waals surface area contributed by atoms with Crippen molar-refractivity contribution in [1.29, 1.82) is 0 Å². The molecule has 1 heterocycles. The van der Waals surface area contributed by atoms with Gasteiger partial charge in [0.2, 0.25) is 11.8 Å². The van der Waals surface area contributed by atoms with Gasteiger partial charge in [0, 0.05) is 18.3 Å². The van der Waals surface area contributed by atoms with Crippen molar-refractivity contribution in [3.8, 4) is 5.75 Å². The van der Waals surface area contributed by atoms with Crippen LogP contribution in [0.4, 0.5) is 18.9 Å². The Morgan fingerprint density at radius 3 is 2.52 bits per heavy atom. The molecule has 1 unspecified atom stereocenters. The summed E-state index contributed by atoms with van der Waals surface area (Å²) in [4.78, 5) is 26.0. The minimum absolute atomic E-state index is 0. The molecule has 6 nitrogen and oxygen atoms in total. The molecule has 3 N–H and O–H groups in total. The number of nitrogens with one attached hydrogen (secondary N) is 1. The van der Waals surface area contributed by atoms with Gasteiger partial charge in [0.15, 0.2) is 0 Å². The predicted molar refractivity (Wildman–Crippen MR) is 96.7 cm³/mol. The quantitative estimate of drug-likeness (QED) is 0.800. The number of rotatable bonds is 4. The summed E-state index contributed by atoms with van der Waals surface area (Å²) in [5.41, 5.74) is 5.69. The molecule has 0 bridgehead atoms. The smallest absolute Gasteiger partial charge is 0.406 e. The molecule has 0 radical (unpaired) electrons. The molecular formula is C17H23ClF3N3O3. The number of alkyl halides is 3. The first-order chi connectivity index (χ1) is 11.9. The molecule has 27 heavy (non-hydrogen) atoms. The van der Waals surface area contributed by atoms with E-state index in [1.165, 1.54) is 17.0 Å². The zero-order chi connectivity index (χ0) is 19.7. The summed E-state index contributed by atoms with van der Waals surface area (Å²) in [5.74, 6) is -1.25. The Bertz CT molecular complexity index is 692. The second kappa shape index (κ2) is 8.35. The standard InChI is InChI=1S/C17H22F3N3O3.ClH/c1-16(2,3)13(21)14(24)22-12-7-8-23(15(12)25)10-5-4-6-11(9-10)26-17(18,19)20;/h4-6,9,12-13H,7-8,21H2,1-3H3,(H,22,24);1H/t12?,13-;/m1./s1. The Morgan fingerprint density at radius 1 is 1.33 bits per heavy atom. The molecule has 1 aliphatic rings. The van der Waals surface area contributed by atoms with E-state index in [1.807, 2.05) is 20.8 Å². The molecule has 1 aromatic carbocycles. The normalized spacial score (nSPS) is 18.7. The highest BCUT2D eigenvalue weighted by Crippen LogP contribution is 2.29. The fourth-order valence-electron chi connectivity index (χ4n) is 2.57. The van der Waals surface area contributed by atoms with Crippen LogP contribution in [-0.2, 0) is 9.59 Å². The van der Waals surface area contributed by atoms with Gasteiger partial charge in [0.25, 0.3) is 0 Å². The van der Waals surface area contributed by atoms with Gasteiger partial charge in [-0.3, -0.25) is 9.59 Å². The molecular weight excluding hydrogens is 387 g/mol. The average molecular weight is 410 g/mol. The number of ether oxygens (including phenoxy) is 1. The Kier molecular flexibility index (Phi) is 7.12. The Labute approximate surface area is 161 Å². The van der Waals surface area contributed by atoms with Crippen molar-refractivity contribution in [3.05, 3.63) is 24.3 Å². The molecule has 1 aliphatic heterocycles. The highest BCUT2D eigenvalue weighted by Gasteiger charge is 2.37. The maximum atomic E-state index is 12.5. The molecule has 0 saturated carbocycles. The fraction of sp³-hybridized carbons (Fsp3) is 0.529. The summed E-state index contributed by atoms with van der Waals surface area (Å²) < 4.78 is 40.9. The van der Waals surface area contributed by atoms with Gasteiger partial charge < -0.3 is 20.7 Å². The summed E-state index contributed by atoms with van der Waals surface area (Å²) >= 11 is 0. The number of nitrogens with two attached hydrogens (primary N) is 1. The number of amides is 2. The van der Waals surface area contributed by atoms with Crippen LogP contribution in [0.1, 0.15) is 27.2 Å². The number of benzene rings is 1. The van der Waals surface area contributed by atoms with Crippen molar-refractivity contribution < 1.29 is 27.5 Å². The van der Waals surface area contributed by atoms with Crippen LogP contribution < -0.4 is 20.7 Å². The third kappa shape index (κ3) is 6.00. The summed E-state index contributed by atoms with van der Waals surface area (Å²) in [6, 6.07) is 3.61. The lowest BCUT2D eigenvalue weighted by molar-refractivity contribution is -0.274. The number of carbonyl (C=O) groups excluding carboxylic acids is 2. The molecule has 152 valence electrons. The first kappa shape index (κ1) is 23.0. The van der Waals surface area contributed by atoms with E-state index in [0.717, 1.165) is 12.1 Å². The van der Waals surface area contributed by atoms with Crippen molar-refractivity contribution in [1.82, 2.24) is 5.32 Å². The van der Waals surface area contributed by atoms with Crippen molar-refractivity contribution in [2.45, 2.75) is 45.6 Å². The summed E-state index contributed by atoms with van der Waals surface area (Å²) in [6.07, 6.45) is -4.47. The lowest BCUT2D eigenvalue weighted by Crippen LogP contribution is -2.53. The van der Waals surface area contributed by atoms with Crippen LogP contribution in [0.2, 0.25) is 0 Å². The highest BCUT2D eigenvalue weighted by atomic mass is 35.5. The second-order valence-electron chi connectivity index (χ2n) is 7.23. The molecule has 0 spiro atoms. The van der Waals surface area contributed by atoms with Gasteiger partial charge in [-0.1, -0.05) is 26.8 Å². The number of nitrogens with zero attached hydrogens (tertiary/aromatic N) is 1. The van der Waals surface area contributed by atoms with E-state index >= 15 is 0 Å². The van der Waals surface area contributed by atoms with Crippen LogP contribution in [0.3, 0.4) is 0 Å². The van der Waals surface area contributed by atoms with E-state index in [4.69, 9.17) is 5.73 Å². The predicted octanol–water partition coefficient (Wildman–Crippen LogP) is 2.60. The molecule has 2 amide bonds. The van der Waals surface area contributed by atoms with Crippen LogP contribution in [-0.4, -0.2) is 36.8 Å². The van der Waals surface area contributed by atoms with Gasteiger partial charge in [0.05, 0.1) is 6.04 Å². The first-order valence-electron chi connectivity index (χ1n) is 8.11. The SMILES string of the molecule is CC(C)(C)[C@H](N)C(=O)NC1CCN(c2cccc(OC(F)(F)F)c2)C1=O.Cl. The number of halogens is 4. The number of hydrogen-bond donors (Lipinski definition) is 2. The lowest BCUT2D eigenvalue weighted by atomic mass is 9.87. The van der Waals surface area contributed by atoms with E-state index in [9.17, 15) is 22.8 Å². The summed E-state index contributed by atoms with van der Waals surface area (Å²) in [6.45, 7) is 5.70. The van der Waals surface area contributed by atoms with Gasteiger partial charge in [-0.25, -0.2) is 0 Å². The number of hydrogen-bond acceptors (Lipinski definition) is 4. The fourth-order valence-corrected chi connectivity index (χ4v) is 2.57. The topological polar surface area (TPSA) is 84.7 Å². The van der Waals surface area contributed by atoms with Crippen molar-refractivity contribution >= 4 is 29.9 Å². The third-order valence-electron chi connectivity index (χ3n) is 4.10. The molecule has 2 rings (SSSR count). The van der Waals surface area contributed by atoms with Crippen molar-refractivity contribution in [2.75, 3.05) is 11.4 Å². The van der Waals surface area contributed by atoms with Crippen LogP contribution in [0.15, 0.2) is 24.3 Å². The lowest BCUT2D eigenvalue weighted by Gasteiger charge is -2.27. The van der Waals surface area contributed by atoms with Crippen molar-refractivity contribution in [3.63, 3.8) is 0 Å². The van der Waals surface area contributed by atoms with Crippen LogP contribution >= 0.6 is 12.4 Å². The van der Waals surface area contributed by atoms with E-state index in [1.54, 1.807) is 0 Å². The molecule has 1 fully saturated rings. The van der Waals surface area contributed by atoms with Crippen LogP contribution in [0.25, 0.3) is 0 Å². The minimum Gasteiger partial charge on any atom is -0.406 e. The van der Waals surface area contributed by atoms with E-state index in [-0.39, 0.29) is 24.6 Å². The monoisotopic (exact) mass is 409 g/mol. The summed E-state index contributed by atoms with van der Waals surface area (Å²) in [7, 11) is 0. The molecule has 1 aromatic rings. The molecule has 0 aromatic heterocycles. The van der Waals surface area contributed by atoms with Crippen LogP contribution in [0, 0.1) is 5.41 Å². The van der Waals surface area contributed by atoms with Gasteiger partial charge in [-0.05, 0) is 24.0 Å². The first-order valence-corrected chi connectivity index (χ1v) is 8.11. The zero-order valence-corrected chi connectivity index (χ0v) is 16.0. The largest absolute Gasteiger partial charge is 0.573 e. The third-order valence-corrected chi connectivity index (χ3v) is 4.10. The Balaban J connectivity index is 0.00000364. The van der Waals surface area contributed by atoms with E-state index in [0.29, 0.717) is 6.42 Å². The molecule has 1 saturated heterocycles. The Hall–Kier alpha value is -2.00. The summed E-state index contributed by atoms with van der Waals surface area (Å²) in [5, 5.41) is 2.62. The van der Waals surface area contributed by atoms with Crippen LogP contribution in [0.5, 0.6) is 5.75 Å². The van der Waals surface area contributed by atoms with E-state index < -0.39 is 41.4 Å². The second-order valence-corrected chi connectivity index (χ2v) is 7.23. The number of carbonyl (C=O) groups is 2. The maximum Gasteiger partial charge on any atom is 0.573 e. The minimum atomic E-state index is -4.81. The zero-order valence-electron chi connectivity index (χ0n) is 15.2. The highest BCUT2D eigenvalue weighted by molar-refractivity contribution is 6.01. The molecule has 10 heteroatoms. The Morgan fingerprint density at radius 2 is 1.96 bits per heavy atom. The van der Waals surface area contributed by atoms with Gasteiger partial charge in [-0.2, -0.15) is 0 Å². The van der Waals surface area contributed by atoms with Gasteiger partial charge >= 0.3 is 6.36 Å². The molecule has 0 aliphatic carbocycles. The average Bonchev–Trinajstić information content (AvgIpc) is 2.85. The van der Waals surface area contributed by atoms with Gasteiger partial charge in [0.1, 0.15) is 11.8 Å².